The lowest BCUT2D eigenvalue weighted by Crippen LogP contribution is -2.14. The number of aromatic nitrogens is 4. The first-order valence-corrected chi connectivity index (χ1v) is 11.3. The quantitative estimate of drug-likeness (QED) is 0.428. The zero-order valence-electron chi connectivity index (χ0n) is 17.8. The number of amides is 1. The monoisotopic (exact) mass is 464 g/mol. The van der Waals surface area contributed by atoms with Crippen LogP contribution in [0.25, 0.3) is 5.82 Å². The highest BCUT2D eigenvalue weighted by Crippen LogP contribution is 2.25. The molecular formula is C22H20N6O4S. The van der Waals surface area contributed by atoms with E-state index in [9.17, 15) is 13.2 Å². The topological polar surface area (TPSA) is 128 Å². The Bertz CT molecular complexity index is 1390. The highest BCUT2D eigenvalue weighted by Gasteiger charge is 2.17. The van der Waals surface area contributed by atoms with Gasteiger partial charge < -0.3 is 10.1 Å². The number of ether oxygens (including phenoxy) is 1. The molecule has 4 rings (SSSR count). The lowest BCUT2D eigenvalue weighted by Gasteiger charge is -2.12. The maximum Gasteiger partial charge on any atom is 0.262 e. The van der Waals surface area contributed by atoms with E-state index in [-0.39, 0.29) is 10.8 Å². The Morgan fingerprint density at radius 1 is 1.03 bits per heavy atom. The van der Waals surface area contributed by atoms with E-state index < -0.39 is 10.0 Å². The van der Waals surface area contributed by atoms with Crippen LogP contribution in [-0.4, -0.2) is 33.8 Å². The summed E-state index contributed by atoms with van der Waals surface area (Å²) in [5, 5.41) is 2.63. The predicted molar refractivity (Wildman–Crippen MR) is 122 cm³/mol. The van der Waals surface area contributed by atoms with Gasteiger partial charge in [0.25, 0.3) is 10.0 Å². The zero-order chi connectivity index (χ0) is 23.4. The van der Waals surface area contributed by atoms with E-state index in [1.54, 1.807) is 72.7 Å². The minimum Gasteiger partial charge on any atom is -0.439 e. The SMILES string of the molecule is CC(=O)Nc1ccc(S(=O)(=O)Nc2ccc(Oc3cc(-n4ccnc4)ncn3)cc2)c(C)c1. The van der Waals surface area contributed by atoms with Gasteiger partial charge in [0.2, 0.25) is 11.8 Å². The van der Waals surface area contributed by atoms with Crippen molar-refractivity contribution in [2.75, 3.05) is 10.0 Å². The van der Waals surface area contributed by atoms with E-state index in [1.807, 2.05) is 0 Å². The molecule has 1 amide bonds. The van der Waals surface area contributed by atoms with Crippen molar-refractivity contribution in [2.24, 2.45) is 0 Å². The Hall–Kier alpha value is -4.25. The Balaban J connectivity index is 1.46. The van der Waals surface area contributed by atoms with Gasteiger partial charge in [0, 0.05) is 36.8 Å². The lowest BCUT2D eigenvalue weighted by molar-refractivity contribution is -0.114. The molecule has 2 N–H and O–H groups in total. The molecule has 168 valence electrons. The first-order valence-electron chi connectivity index (χ1n) is 9.79. The third-order valence-electron chi connectivity index (χ3n) is 4.51. The highest BCUT2D eigenvalue weighted by molar-refractivity contribution is 7.92. The van der Waals surface area contributed by atoms with E-state index >= 15 is 0 Å². The number of carbonyl (C=O) groups is 1. The van der Waals surface area contributed by atoms with E-state index in [1.165, 1.54) is 19.3 Å². The van der Waals surface area contributed by atoms with Crippen LogP contribution in [0, 0.1) is 6.92 Å². The van der Waals surface area contributed by atoms with Gasteiger partial charge in [-0.15, -0.1) is 0 Å². The molecule has 0 atom stereocenters. The fourth-order valence-corrected chi connectivity index (χ4v) is 4.36. The van der Waals surface area contributed by atoms with Gasteiger partial charge in [-0.2, -0.15) is 0 Å². The van der Waals surface area contributed by atoms with Crippen LogP contribution in [0.1, 0.15) is 12.5 Å². The maximum absolute atomic E-state index is 12.8. The Kier molecular flexibility index (Phi) is 6.05. The summed E-state index contributed by atoms with van der Waals surface area (Å²) >= 11 is 0. The Morgan fingerprint density at radius 3 is 2.45 bits per heavy atom. The average Bonchev–Trinajstić information content (AvgIpc) is 3.30. The Labute approximate surface area is 190 Å². The molecule has 10 nitrogen and oxygen atoms in total. The molecule has 0 radical (unpaired) electrons. The number of nitrogens with one attached hydrogen (secondary N) is 2. The van der Waals surface area contributed by atoms with Gasteiger partial charge in [0.1, 0.15) is 24.2 Å². The van der Waals surface area contributed by atoms with Crippen LogP contribution in [-0.2, 0) is 14.8 Å². The van der Waals surface area contributed by atoms with Gasteiger partial charge in [-0.1, -0.05) is 0 Å². The minimum absolute atomic E-state index is 0.116. The van der Waals surface area contributed by atoms with Crippen molar-refractivity contribution >= 4 is 27.3 Å². The molecule has 2 aromatic heterocycles. The van der Waals surface area contributed by atoms with Crippen LogP contribution >= 0.6 is 0 Å². The number of nitrogens with zero attached hydrogens (tertiary/aromatic N) is 4. The third-order valence-corrected chi connectivity index (χ3v) is 6.05. The summed E-state index contributed by atoms with van der Waals surface area (Å²) in [6.45, 7) is 3.05. The normalized spacial score (nSPS) is 11.1. The van der Waals surface area contributed by atoms with Gasteiger partial charge in [0.05, 0.1) is 4.90 Å². The number of aryl methyl sites for hydroxylation is 1. The predicted octanol–water partition coefficient (Wildman–Crippen LogP) is 3.52. The summed E-state index contributed by atoms with van der Waals surface area (Å²) in [7, 11) is -3.82. The van der Waals surface area contributed by atoms with Crippen LogP contribution in [0.5, 0.6) is 11.6 Å². The molecule has 11 heteroatoms. The second-order valence-corrected chi connectivity index (χ2v) is 8.73. The van der Waals surface area contributed by atoms with Crippen LogP contribution in [0.3, 0.4) is 0 Å². The number of carbonyl (C=O) groups excluding carboxylic acids is 1. The lowest BCUT2D eigenvalue weighted by atomic mass is 10.2. The average molecular weight is 465 g/mol. The van der Waals surface area contributed by atoms with Crippen molar-refractivity contribution < 1.29 is 17.9 Å². The number of rotatable bonds is 7. The van der Waals surface area contributed by atoms with Gasteiger partial charge in [-0.25, -0.2) is 23.4 Å². The largest absolute Gasteiger partial charge is 0.439 e. The van der Waals surface area contributed by atoms with Crippen LogP contribution < -0.4 is 14.8 Å². The fraction of sp³-hybridized carbons (Fsp3) is 0.0909. The summed E-state index contributed by atoms with van der Waals surface area (Å²) in [4.78, 5) is 23.6. The summed E-state index contributed by atoms with van der Waals surface area (Å²) in [6.07, 6.45) is 6.39. The van der Waals surface area contributed by atoms with Crippen molar-refractivity contribution in [3.05, 3.63) is 79.1 Å². The molecule has 33 heavy (non-hydrogen) atoms. The number of sulfonamides is 1. The van der Waals surface area contributed by atoms with Crippen LogP contribution in [0.15, 0.2) is 78.5 Å². The first kappa shape index (κ1) is 22.0. The standard InChI is InChI=1S/C22H20N6O4S/c1-15-11-18(26-16(2)29)5-8-20(15)33(30,31)27-17-3-6-19(7-4-17)32-22-12-21(24-13-25-22)28-10-9-23-14-28/h3-14,27H,1-2H3,(H,26,29). The van der Waals surface area contributed by atoms with Crippen molar-refractivity contribution in [1.82, 2.24) is 19.5 Å². The number of hydrogen-bond donors (Lipinski definition) is 2. The van der Waals surface area contributed by atoms with Gasteiger partial charge in [-0.05, 0) is 55.0 Å². The van der Waals surface area contributed by atoms with E-state index in [2.05, 4.69) is 25.0 Å². The maximum atomic E-state index is 12.8. The molecule has 0 bridgehead atoms. The van der Waals surface area contributed by atoms with Crippen LogP contribution in [0.4, 0.5) is 11.4 Å². The second kappa shape index (κ2) is 9.09. The molecule has 2 heterocycles. The smallest absolute Gasteiger partial charge is 0.262 e. The summed E-state index contributed by atoms with van der Waals surface area (Å²) < 4.78 is 35.7. The summed E-state index contributed by atoms with van der Waals surface area (Å²) in [5.74, 6) is 1.17. The first-order chi connectivity index (χ1) is 15.8. The highest BCUT2D eigenvalue weighted by atomic mass is 32.2. The summed E-state index contributed by atoms with van der Waals surface area (Å²) in [5.41, 5.74) is 1.40. The van der Waals surface area contributed by atoms with Crippen molar-refractivity contribution in [2.45, 2.75) is 18.7 Å². The number of hydrogen-bond acceptors (Lipinski definition) is 7. The van der Waals surface area contributed by atoms with Crippen LogP contribution in [0.2, 0.25) is 0 Å². The molecule has 0 aliphatic rings. The third kappa shape index (κ3) is 5.33. The van der Waals surface area contributed by atoms with Crippen molar-refractivity contribution in [1.29, 1.82) is 0 Å². The molecule has 0 fully saturated rings. The fourth-order valence-electron chi connectivity index (χ4n) is 3.08. The minimum atomic E-state index is -3.82. The number of benzene rings is 2. The summed E-state index contributed by atoms with van der Waals surface area (Å²) in [6, 6.07) is 12.7. The molecule has 0 unspecified atom stereocenters. The van der Waals surface area contributed by atoms with E-state index in [0.717, 1.165) is 0 Å². The van der Waals surface area contributed by atoms with Crippen molar-refractivity contribution in [3.8, 4) is 17.4 Å². The van der Waals surface area contributed by atoms with Gasteiger partial charge in [-0.3, -0.25) is 14.1 Å². The van der Waals surface area contributed by atoms with E-state index in [4.69, 9.17) is 4.74 Å². The molecule has 4 aromatic rings. The Morgan fingerprint density at radius 2 is 1.79 bits per heavy atom. The second-order valence-electron chi connectivity index (χ2n) is 7.08. The number of imidazole rings is 1. The molecule has 0 aliphatic heterocycles. The van der Waals surface area contributed by atoms with Gasteiger partial charge >= 0.3 is 0 Å². The molecular weight excluding hydrogens is 444 g/mol. The number of anilines is 2. The molecule has 0 aliphatic carbocycles. The molecule has 0 saturated carbocycles. The molecule has 0 saturated heterocycles. The molecule has 0 spiro atoms. The zero-order valence-corrected chi connectivity index (χ0v) is 18.6. The van der Waals surface area contributed by atoms with E-state index in [0.29, 0.717) is 34.4 Å². The molecule has 2 aromatic carbocycles. The van der Waals surface area contributed by atoms with Crippen molar-refractivity contribution in [3.63, 3.8) is 0 Å². The van der Waals surface area contributed by atoms with Gasteiger partial charge in [0.15, 0.2) is 0 Å².